The highest BCUT2D eigenvalue weighted by molar-refractivity contribution is 6.36. The average Bonchev–Trinajstić information content (AvgIpc) is 2.51. The van der Waals surface area contributed by atoms with Crippen LogP contribution >= 0.6 is 23.2 Å². The topological polar surface area (TPSA) is 86.1 Å². The third-order valence-corrected chi connectivity index (χ3v) is 2.89. The van der Waals surface area contributed by atoms with E-state index in [1.807, 2.05) is 0 Å². The number of nitrogens with one attached hydrogen (secondary N) is 2. The molecule has 0 radical (unpaired) electrons. The number of hydrogen-bond acceptors (Lipinski definition) is 4. The Morgan fingerprint density at radius 2 is 1.95 bits per heavy atom. The fraction of sp³-hybridized carbons (Fsp3) is 0.0714. The first-order chi connectivity index (χ1) is 9.99. The van der Waals surface area contributed by atoms with Crippen LogP contribution in [-0.2, 0) is 0 Å². The van der Waals surface area contributed by atoms with Gasteiger partial charge < -0.3 is 15.8 Å². The number of aromatic hydroxyl groups is 1. The van der Waals surface area contributed by atoms with Gasteiger partial charge in [-0.05, 0) is 24.3 Å². The van der Waals surface area contributed by atoms with Crippen LogP contribution in [0.4, 0.5) is 0 Å². The van der Waals surface area contributed by atoms with Crippen LogP contribution in [0.5, 0.6) is 5.75 Å². The summed E-state index contributed by atoms with van der Waals surface area (Å²) in [5.41, 5.74) is 0.958. The molecule has 0 aliphatic rings. The maximum Gasteiger partial charge on any atom is 0.251 e. The van der Waals surface area contributed by atoms with Gasteiger partial charge in [0.25, 0.3) is 5.91 Å². The van der Waals surface area contributed by atoms with E-state index >= 15 is 0 Å². The molecule has 1 amide bonds. The number of carbonyl (C=O) groups is 1. The van der Waals surface area contributed by atoms with Crippen molar-refractivity contribution in [1.82, 2.24) is 10.3 Å². The van der Waals surface area contributed by atoms with Crippen molar-refractivity contribution in [2.24, 2.45) is 0 Å². The van der Waals surface area contributed by atoms with Crippen LogP contribution < -0.4 is 5.32 Å². The number of carbonyl (C=O) groups excluding carboxylic acids is 1. The third kappa shape index (κ3) is 5.06. The van der Waals surface area contributed by atoms with Crippen molar-refractivity contribution < 1.29 is 9.90 Å². The Morgan fingerprint density at radius 3 is 2.48 bits per heavy atom. The molecule has 2 rings (SSSR count). The summed E-state index contributed by atoms with van der Waals surface area (Å²) in [6, 6.07) is 6.22. The molecule has 0 aliphatic heterocycles. The molecule has 0 unspecified atom stereocenters. The second-order valence-corrected chi connectivity index (χ2v) is 4.63. The summed E-state index contributed by atoms with van der Waals surface area (Å²) in [4.78, 5) is 14.7. The predicted molar refractivity (Wildman–Crippen MR) is 83.6 cm³/mol. The van der Waals surface area contributed by atoms with Crippen molar-refractivity contribution in [3.63, 3.8) is 0 Å². The van der Waals surface area contributed by atoms with E-state index in [-0.39, 0.29) is 16.7 Å². The number of amides is 1. The van der Waals surface area contributed by atoms with Gasteiger partial charge in [-0.15, -0.1) is 0 Å². The number of phenolic OH excluding ortho intramolecular Hbond substituents is 1. The molecule has 0 bridgehead atoms. The van der Waals surface area contributed by atoms with Gasteiger partial charge in [-0.3, -0.25) is 9.78 Å². The van der Waals surface area contributed by atoms with Crippen LogP contribution in [0, 0.1) is 5.41 Å². The zero-order chi connectivity index (χ0) is 15.8. The Morgan fingerprint density at radius 1 is 1.33 bits per heavy atom. The molecular formula is C14H13Cl2N3O2. The summed E-state index contributed by atoms with van der Waals surface area (Å²) in [5.74, 6) is -0.187. The van der Waals surface area contributed by atoms with Gasteiger partial charge in [0.15, 0.2) is 0 Å². The van der Waals surface area contributed by atoms with Crippen LogP contribution in [0.1, 0.15) is 15.9 Å². The Kier molecular flexibility index (Phi) is 6.65. The molecule has 110 valence electrons. The minimum Gasteiger partial charge on any atom is -0.506 e. The molecule has 7 heteroatoms. The maximum absolute atomic E-state index is 10.9. The Bertz CT molecular complexity index is 634. The van der Waals surface area contributed by atoms with Crippen molar-refractivity contribution in [3.8, 4) is 5.75 Å². The molecular weight excluding hydrogens is 313 g/mol. The van der Waals surface area contributed by atoms with E-state index in [1.165, 1.54) is 12.1 Å². The molecule has 0 spiro atoms. The third-order valence-electron chi connectivity index (χ3n) is 2.38. The zero-order valence-corrected chi connectivity index (χ0v) is 12.6. The van der Waals surface area contributed by atoms with Crippen LogP contribution in [0.2, 0.25) is 10.0 Å². The average molecular weight is 326 g/mol. The van der Waals surface area contributed by atoms with Crippen molar-refractivity contribution in [2.75, 3.05) is 7.05 Å². The minimum atomic E-state index is -0.105. The van der Waals surface area contributed by atoms with Gasteiger partial charge in [0.05, 0.1) is 5.02 Å². The van der Waals surface area contributed by atoms with Gasteiger partial charge in [-0.1, -0.05) is 23.2 Å². The quantitative estimate of drug-likeness (QED) is 0.741. The lowest BCUT2D eigenvalue weighted by Crippen LogP contribution is -2.17. The summed E-state index contributed by atoms with van der Waals surface area (Å²) >= 11 is 11.2. The van der Waals surface area contributed by atoms with E-state index in [4.69, 9.17) is 28.6 Å². The monoisotopic (exact) mass is 325 g/mol. The Hall–Kier alpha value is -2.11. The van der Waals surface area contributed by atoms with E-state index in [0.717, 1.165) is 6.21 Å². The number of hydrogen-bond donors (Lipinski definition) is 3. The zero-order valence-electron chi connectivity index (χ0n) is 11.1. The fourth-order valence-corrected chi connectivity index (χ4v) is 1.85. The summed E-state index contributed by atoms with van der Waals surface area (Å²) in [6.45, 7) is 0. The van der Waals surface area contributed by atoms with Crippen molar-refractivity contribution in [2.45, 2.75) is 0 Å². The van der Waals surface area contributed by atoms with Crippen LogP contribution in [0.3, 0.4) is 0 Å². The number of aromatic nitrogens is 1. The minimum absolute atomic E-state index is 0.0811. The van der Waals surface area contributed by atoms with Gasteiger partial charge >= 0.3 is 0 Å². The first kappa shape index (κ1) is 16.9. The molecule has 5 nitrogen and oxygen atoms in total. The smallest absolute Gasteiger partial charge is 0.251 e. The number of nitrogens with zero attached hydrogens (tertiary/aromatic N) is 1. The molecule has 0 fully saturated rings. The molecule has 1 aromatic carbocycles. The largest absolute Gasteiger partial charge is 0.506 e. The second-order valence-electron chi connectivity index (χ2n) is 3.78. The summed E-state index contributed by atoms with van der Waals surface area (Å²) < 4.78 is 0. The van der Waals surface area contributed by atoms with Crippen molar-refractivity contribution in [1.29, 1.82) is 5.41 Å². The number of benzene rings is 1. The Balaban J connectivity index is 0.000000211. The predicted octanol–water partition coefficient (Wildman–Crippen LogP) is 3.14. The molecule has 0 saturated heterocycles. The SMILES string of the molecule is CNC(=O)c1ccncc1.N=Cc1cc(Cl)cc(Cl)c1O. The number of phenols is 1. The van der Waals surface area contributed by atoms with Crippen molar-refractivity contribution >= 4 is 35.3 Å². The van der Waals surface area contributed by atoms with Gasteiger partial charge in [0, 0.05) is 41.8 Å². The van der Waals surface area contributed by atoms with Crippen LogP contribution in [0.15, 0.2) is 36.7 Å². The molecule has 0 aliphatic carbocycles. The molecule has 3 N–H and O–H groups in total. The van der Waals surface area contributed by atoms with Gasteiger partial charge in [-0.2, -0.15) is 0 Å². The van der Waals surface area contributed by atoms with E-state index < -0.39 is 0 Å². The molecule has 0 saturated carbocycles. The lowest BCUT2D eigenvalue weighted by molar-refractivity contribution is 0.0963. The lowest BCUT2D eigenvalue weighted by Gasteiger charge is -2.00. The Labute approximate surface area is 132 Å². The molecule has 1 aromatic heterocycles. The number of rotatable bonds is 2. The normalized spacial score (nSPS) is 9.29. The van der Waals surface area contributed by atoms with Gasteiger partial charge in [0.1, 0.15) is 5.75 Å². The van der Waals surface area contributed by atoms with Crippen molar-refractivity contribution in [3.05, 3.63) is 57.8 Å². The molecule has 1 heterocycles. The van der Waals surface area contributed by atoms with E-state index in [1.54, 1.807) is 31.6 Å². The van der Waals surface area contributed by atoms with Crippen LogP contribution in [-0.4, -0.2) is 29.3 Å². The highest BCUT2D eigenvalue weighted by Crippen LogP contribution is 2.29. The first-order valence-corrected chi connectivity index (χ1v) is 6.55. The fourth-order valence-electron chi connectivity index (χ4n) is 1.34. The van der Waals surface area contributed by atoms with E-state index in [2.05, 4.69) is 10.3 Å². The van der Waals surface area contributed by atoms with E-state index in [0.29, 0.717) is 16.1 Å². The summed E-state index contributed by atoms with van der Waals surface area (Å²) in [6.07, 6.45) is 4.17. The summed E-state index contributed by atoms with van der Waals surface area (Å²) in [7, 11) is 1.60. The molecule has 2 aromatic rings. The highest BCUT2D eigenvalue weighted by Gasteiger charge is 2.04. The lowest BCUT2D eigenvalue weighted by atomic mass is 10.2. The highest BCUT2D eigenvalue weighted by atomic mass is 35.5. The molecule has 0 atom stereocenters. The van der Waals surface area contributed by atoms with E-state index in [9.17, 15) is 9.90 Å². The van der Waals surface area contributed by atoms with Crippen LogP contribution in [0.25, 0.3) is 0 Å². The standard InChI is InChI=1S/C7H5Cl2NO.C7H8N2O/c8-5-1-4(3-10)7(11)6(9)2-5;1-8-7(10)6-2-4-9-5-3-6/h1-3,10-11H;2-5H,1H3,(H,8,10). The summed E-state index contributed by atoms with van der Waals surface area (Å²) in [5, 5.41) is 19.1. The first-order valence-electron chi connectivity index (χ1n) is 5.80. The molecule has 21 heavy (non-hydrogen) atoms. The maximum atomic E-state index is 10.9. The van der Waals surface area contributed by atoms with Gasteiger partial charge in [-0.25, -0.2) is 0 Å². The van der Waals surface area contributed by atoms with Gasteiger partial charge in [0.2, 0.25) is 0 Å². The number of pyridine rings is 1. The second kappa shape index (κ2) is 8.24. The number of halogens is 2.